The summed E-state index contributed by atoms with van der Waals surface area (Å²) in [6.45, 7) is 2.04. The van der Waals surface area contributed by atoms with E-state index < -0.39 is 10.0 Å². The van der Waals surface area contributed by atoms with Crippen molar-refractivity contribution in [3.05, 3.63) is 54.2 Å². The quantitative estimate of drug-likeness (QED) is 0.618. The van der Waals surface area contributed by atoms with Gasteiger partial charge in [0.25, 0.3) is 0 Å². The number of nitrogens with two attached hydrogens (primary N) is 1. The molecule has 4 rings (SSSR count). The Morgan fingerprint density at radius 3 is 2.38 bits per heavy atom. The number of aromatic nitrogens is 1. The number of piperidine rings is 2. The monoisotopic (exact) mass is 485 g/mol. The van der Waals surface area contributed by atoms with Gasteiger partial charge in [-0.05, 0) is 43.4 Å². The molecule has 2 aromatic rings. The van der Waals surface area contributed by atoms with E-state index in [1.807, 2.05) is 29.2 Å². The van der Waals surface area contributed by atoms with Crippen LogP contribution in [0.25, 0.3) is 0 Å². The first kappa shape index (κ1) is 24.2. The van der Waals surface area contributed by atoms with Crippen molar-refractivity contribution in [2.75, 3.05) is 36.4 Å². The highest BCUT2D eigenvalue weighted by atomic mass is 32.2. The van der Waals surface area contributed by atoms with Crippen LogP contribution in [0.5, 0.6) is 0 Å². The van der Waals surface area contributed by atoms with Crippen LogP contribution in [0.3, 0.4) is 0 Å². The summed E-state index contributed by atoms with van der Waals surface area (Å²) in [5, 5.41) is 2.90. The average molecular weight is 486 g/mol. The van der Waals surface area contributed by atoms with Crippen molar-refractivity contribution in [3.63, 3.8) is 0 Å². The van der Waals surface area contributed by atoms with Gasteiger partial charge in [0.15, 0.2) is 0 Å². The molecule has 2 amide bonds. The summed E-state index contributed by atoms with van der Waals surface area (Å²) in [4.78, 5) is 30.7. The van der Waals surface area contributed by atoms with Gasteiger partial charge in [0, 0.05) is 32.1 Å². The summed E-state index contributed by atoms with van der Waals surface area (Å²) in [5.74, 6) is -0.103. The number of benzene rings is 1. The molecule has 3 N–H and O–H groups in total. The third-order valence-corrected chi connectivity index (χ3v) is 8.42. The number of amides is 2. The van der Waals surface area contributed by atoms with Crippen molar-refractivity contribution >= 4 is 33.3 Å². The highest BCUT2D eigenvalue weighted by Crippen LogP contribution is 2.25. The van der Waals surface area contributed by atoms with Crippen LogP contribution in [0, 0.1) is 11.8 Å². The minimum absolute atomic E-state index is 0.0279. The van der Waals surface area contributed by atoms with Crippen LogP contribution in [0.15, 0.2) is 48.7 Å². The fourth-order valence-electron chi connectivity index (χ4n) is 4.58. The van der Waals surface area contributed by atoms with Gasteiger partial charge >= 0.3 is 0 Å². The van der Waals surface area contributed by atoms with Crippen LogP contribution in [0.4, 0.5) is 11.5 Å². The number of hydrogen-bond donors (Lipinski definition) is 2. The molecule has 1 aromatic heterocycles. The molecular formula is C24H31N5O4S. The largest absolute Gasteiger partial charge is 0.369 e. The lowest BCUT2D eigenvalue weighted by atomic mass is 9.97. The Bertz CT molecular complexity index is 1100. The van der Waals surface area contributed by atoms with Crippen LogP contribution in [-0.2, 0) is 25.4 Å². The van der Waals surface area contributed by atoms with Crippen molar-refractivity contribution < 1.29 is 18.0 Å². The molecular weight excluding hydrogens is 454 g/mol. The Labute approximate surface area is 200 Å². The lowest BCUT2D eigenvalue weighted by molar-refractivity contribution is -0.122. The zero-order valence-corrected chi connectivity index (χ0v) is 19.9. The minimum atomic E-state index is -3.41. The summed E-state index contributed by atoms with van der Waals surface area (Å²) >= 11 is 0. The highest BCUT2D eigenvalue weighted by Gasteiger charge is 2.31. The molecule has 3 heterocycles. The van der Waals surface area contributed by atoms with E-state index in [-0.39, 0.29) is 29.4 Å². The molecule has 0 radical (unpaired) electrons. The van der Waals surface area contributed by atoms with Gasteiger partial charge in [0.1, 0.15) is 5.82 Å². The molecule has 1 atom stereocenters. The molecule has 2 aliphatic rings. The van der Waals surface area contributed by atoms with Gasteiger partial charge < -0.3 is 16.0 Å². The molecule has 182 valence electrons. The summed E-state index contributed by atoms with van der Waals surface area (Å²) < 4.78 is 26.9. The topological polar surface area (TPSA) is 126 Å². The van der Waals surface area contributed by atoms with Crippen molar-refractivity contribution in [1.29, 1.82) is 0 Å². The summed E-state index contributed by atoms with van der Waals surface area (Å²) in [5.41, 5.74) is 6.81. The molecule has 0 saturated carbocycles. The van der Waals surface area contributed by atoms with Crippen LogP contribution in [0.2, 0.25) is 0 Å². The van der Waals surface area contributed by atoms with Crippen LogP contribution in [0.1, 0.15) is 31.2 Å². The van der Waals surface area contributed by atoms with Gasteiger partial charge in [-0.1, -0.05) is 30.3 Å². The summed E-state index contributed by atoms with van der Waals surface area (Å²) in [6.07, 6.45) is 4.25. The van der Waals surface area contributed by atoms with Gasteiger partial charge in [-0.2, -0.15) is 0 Å². The van der Waals surface area contributed by atoms with Gasteiger partial charge in [0.2, 0.25) is 21.8 Å². The van der Waals surface area contributed by atoms with E-state index in [0.717, 1.165) is 30.8 Å². The van der Waals surface area contributed by atoms with E-state index in [0.29, 0.717) is 38.2 Å². The molecule has 0 spiro atoms. The Balaban J connectivity index is 1.28. The first-order chi connectivity index (χ1) is 16.3. The Hall–Kier alpha value is -2.98. The normalized spacial score (nSPS) is 20.1. The van der Waals surface area contributed by atoms with Gasteiger partial charge in [0.05, 0.1) is 23.6 Å². The van der Waals surface area contributed by atoms with Gasteiger partial charge in [-0.3, -0.25) is 9.59 Å². The van der Waals surface area contributed by atoms with Crippen molar-refractivity contribution in [1.82, 2.24) is 9.29 Å². The first-order valence-corrected chi connectivity index (χ1v) is 13.3. The van der Waals surface area contributed by atoms with E-state index >= 15 is 0 Å². The Kier molecular flexibility index (Phi) is 7.47. The average Bonchev–Trinajstić information content (AvgIpc) is 2.85. The molecule has 1 unspecified atom stereocenters. The molecule has 1 aromatic carbocycles. The second-order valence-electron chi connectivity index (χ2n) is 9.00. The number of primary amides is 1. The third kappa shape index (κ3) is 5.92. The van der Waals surface area contributed by atoms with E-state index in [4.69, 9.17) is 5.73 Å². The number of nitrogens with one attached hydrogen (secondary N) is 1. The van der Waals surface area contributed by atoms with Crippen molar-refractivity contribution in [2.45, 2.75) is 31.4 Å². The lowest BCUT2D eigenvalue weighted by Gasteiger charge is -2.32. The molecule has 2 aliphatic heterocycles. The second-order valence-corrected chi connectivity index (χ2v) is 11.0. The van der Waals surface area contributed by atoms with Crippen molar-refractivity contribution in [2.24, 2.45) is 17.6 Å². The maximum absolute atomic E-state index is 12.8. The smallest absolute Gasteiger partial charge is 0.227 e. The fraction of sp³-hybridized carbons (Fsp3) is 0.458. The predicted octanol–water partition coefficient (Wildman–Crippen LogP) is 1.96. The number of sulfonamides is 1. The maximum Gasteiger partial charge on any atom is 0.227 e. The highest BCUT2D eigenvalue weighted by molar-refractivity contribution is 7.88. The minimum Gasteiger partial charge on any atom is -0.369 e. The number of rotatable bonds is 7. The Morgan fingerprint density at radius 1 is 1.00 bits per heavy atom. The van der Waals surface area contributed by atoms with E-state index in [9.17, 15) is 18.0 Å². The number of nitrogens with zero attached hydrogens (tertiary/aromatic N) is 3. The fourth-order valence-corrected chi connectivity index (χ4v) is 6.14. The molecule has 0 bridgehead atoms. The maximum atomic E-state index is 12.8. The summed E-state index contributed by atoms with van der Waals surface area (Å²) in [6, 6.07) is 12.7. The first-order valence-electron chi connectivity index (χ1n) is 11.6. The van der Waals surface area contributed by atoms with Gasteiger partial charge in [-0.25, -0.2) is 17.7 Å². The van der Waals surface area contributed by atoms with E-state index in [2.05, 4.69) is 10.3 Å². The molecule has 34 heavy (non-hydrogen) atoms. The predicted molar refractivity (Wildman–Crippen MR) is 130 cm³/mol. The van der Waals surface area contributed by atoms with Crippen LogP contribution in [-0.4, -0.2) is 55.7 Å². The van der Waals surface area contributed by atoms with Gasteiger partial charge in [-0.15, -0.1) is 0 Å². The molecule has 0 aliphatic carbocycles. The number of carbonyl (C=O) groups is 2. The van der Waals surface area contributed by atoms with Crippen molar-refractivity contribution in [3.8, 4) is 0 Å². The molecule has 2 saturated heterocycles. The molecule has 2 fully saturated rings. The number of anilines is 2. The van der Waals surface area contributed by atoms with Crippen LogP contribution >= 0.6 is 0 Å². The zero-order chi connectivity index (χ0) is 24.1. The summed E-state index contributed by atoms with van der Waals surface area (Å²) in [7, 11) is -3.41. The van der Waals surface area contributed by atoms with E-state index in [1.165, 1.54) is 4.31 Å². The number of pyridine rings is 1. The van der Waals surface area contributed by atoms with Crippen LogP contribution < -0.4 is 16.0 Å². The lowest BCUT2D eigenvalue weighted by Crippen LogP contribution is -2.42. The zero-order valence-electron chi connectivity index (χ0n) is 19.1. The molecule has 10 heteroatoms. The standard InChI is InChI=1S/C24H31N5O4S/c25-23(30)20-7-4-12-28(16-20)22-9-8-21(15-26-22)27-24(31)19-10-13-29(14-11-19)34(32,33)17-18-5-2-1-3-6-18/h1-3,5-6,8-9,15,19-20H,4,7,10-14,16-17H2,(H2,25,30)(H,27,31). The molecule has 9 nitrogen and oxygen atoms in total. The van der Waals surface area contributed by atoms with E-state index in [1.54, 1.807) is 24.4 Å². The number of hydrogen-bond acceptors (Lipinski definition) is 6. The third-order valence-electron chi connectivity index (χ3n) is 6.57. The number of carbonyl (C=O) groups excluding carboxylic acids is 2. The Morgan fingerprint density at radius 2 is 1.74 bits per heavy atom. The SMILES string of the molecule is NC(=O)C1CCCN(c2ccc(NC(=O)C3CCN(S(=O)(=O)Cc4ccccc4)CC3)cn2)C1. The second kappa shape index (κ2) is 10.5.